The summed E-state index contributed by atoms with van der Waals surface area (Å²) in [6.45, 7) is 3.28. The van der Waals surface area contributed by atoms with E-state index in [-0.39, 0.29) is 5.92 Å². The van der Waals surface area contributed by atoms with Crippen molar-refractivity contribution in [3.63, 3.8) is 0 Å². The minimum absolute atomic E-state index is 0.210. The molecule has 4 heteroatoms. The van der Waals surface area contributed by atoms with E-state index in [0.29, 0.717) is 11.8 Å². The molecule has 0 N–H and O–H groups in total. The number of hydrogen-bond donors (Lipinski definition) is 0. The fourth-order valence-electron chi connectivity index (χ4n) is 2.51. The van der Waals surface area contributed by atoms with E-state index in [9.17, 15) is 4.79 Å². The molecule has 0 bridgehead atoms. The molecule has 2 rings (SSSR count). The number of nitrogens with zero attached hydrogens (tertiary/aromatic N) is 1. The summed E-state index contributed by atoms with van der Waals surface area (Å²) in [6, 6.07) is 0. The quantitative estimate of drug-likeness (QED) is 0.696. The molecule has 0 spiro atoms. The summed E-state index contributed by atoms with van der Waals surface area (Å²) in [4.78, 5) is 14.2. The van der Waals surface area contributed by atoms with Gasteiger partial charge in [0.15, 0.2) is 0 Å². The van der Waals surface area contributed by atoms with Crippen LogP contribution in [0.4, 0.5) is 0 Å². The normalized spacial score (nSPS) is 24.7. The monoisotopic (exact) mass is 245 g/mol. The Bertz CT molecular complexity index is 233. The van der Waals surface area contributed by atoms with Gasteiger partial charge in [-0.25, -0.2) is 0 Å². The van der Waals surface area contributed by atoms with E-state index in [0.717, 1.165) is 57.9 Å². The van der Waals surface area contributed by atoms with Gasteiger partial charge in [-0.2, -0.15) is 0 Å². The average Bonchev–Trinajstić information content (AvgIpc) is 2.39. The van der Waals surface area contributed by atoms with E-state index < -0.39 is 0 Å². The van der Waals surface area contributed by atoms with Crippen LogP contribution in [0.15, 0.2) is 0 Å². The highest BCUT2D eigenvalue weighted by molar-refractivity contribution is 6.18. The zero-order valence-corrected chi connectivity index (χ0v) is 10.4. The first-order chi connectivity index (χ1) is 7.81. The Kier molecular flexibility index (Phi) is 4.47. The Labute approximate surface area is 102 Å². The molecule has 0 saturated carbocycles. The second-order valence-electron chi connectivity index (χ2n) is 4.81. The molecule has 0 radical (unpaired) electrons. The highest BCUT2D eigenvalue weighted by atomic mass is 35.5. The molecule has 2 heterocycles. The molecule has 0 aromatic heterocycles. The van der Waals surface area contributed by atoms with Gasteiger partial charge in [-0.3, -0.25) is 4.79 Å². The van der Waals surface area contributed by atoms with Crippen LogP contribution in [0, 0.1) is 11.8 Å². The van der Waals surface area contributed by atoms with Crippen LogP contribution in [0.3, 0.4) is 0 Å². The van der Waals surface area contributed by atoms with Gasteiger partial charge in [-0.05, 0) is 31.6 Å². The lowest BCUT2D eigenvalue weighted by Crippen LogP contribution is -2.43. The number of alkyl halides is 1. The summed E-state index contributed by atoms with van der Waals surface area (Å²) < 4.78 is 5.28. The Morgan fingerprint density at radius 1 is 1.19 bits per heavy atom. The first-order valence-corrected chi connectivity index (χ1v) is 6.77. The number of amides is 1. The summed E-state index contributed by atoms with van der Waals surface area (Å²) in [5.74, 6) is 1.90. The van der Waals surface area contributed by atoms with Crippen LogP contribution in [0.2, 0.25) is 0 Å². The number of piperidine rings is 1. The predicted octanol–water partition coefficient (Wildman–Crippen LogP) is 1.89. The molecular formula is C12H20ClNO2. The topological polar surface area (TPSA) is 29.5 Å². The molecule has 16 heavy (non-hydrogen) atoms. The maximum atomic E-state index is 12.2. The SMILES string of the molecule is O=C(C1CCOCC1)N1CCC(CCl)CC1. The van der Waals surface area contributed by atoms with Gasteiger partial charge in [0.2, 0.25) is 5.91 Å². The third-order valence-electron chi connectivity index (χ3n) is 3.71. The molecule has 0 aromatic carbocycles. The van der Waals surface area contributed by atoms with Crippen LogP contribution >= 0.6 is 11.6 Å². The highest BCUT2D eigenvalue weighted by Crippen LogP contribution is 2.23. The summed E-state index contributed by atoms with van der Waals surface area (Å²) in [5.41, 5.74) is 0. The van der Waals surface area contributed by atoms with E-state index in [1.807, 2.05) is 4.90 Å². The molecule has 2 aliphatic rings. The fourth-order valence-corrected chi connectivity index (χ4v) is 2.82. The number of carbonyl (C=O) groups is 1. The molecule has 0 aliphatic carbocycles. The number of ether oxygens (including phenoxy) is 1. The zero-order valence-electron chi connectivity index (χ0n) is 9.66. The van der Waals surface area contributed by atoms with Crippen LogP contribution in [0.25, 0.3) is 0 Å². The number of hydrogen-bond acceptors (Lipinski definition) is 2. The van der Waals surface area contributed by atoms with Crippen molar-refractivity contribution < 1.29 is 9.53 Å². The van der Waals surface area contributed by atoms with Gasteiger partial charge in [-0.15, -0.1) is 11.6 Å². The maximum absolute atomic E-state index is 12.2. The summed E-state index contributed by atoms with van der Waals surface area (Å²) in [6.07, 6.45) is 3.93. The third kappa shape index (κ3) is 2.89. The zero-order chi connectivity index (χ0) is 11.4. The van der Waals surface area contributed by atoms with E-state index in [4.69, 9.17) is 16.3 Å². The van der Waals surface area contributed by atoms with Crippen LogP contribution < -0.4 is 0 Å². The number of halogens is 1. The lowest BCUT2D eigenvalue weighted by molar-refractivity contribution is -0.139. The lowest BCUT2D eigenvalue weighted by atomic mass is 9.94. The Morgan fingerprint density at radius 3 is 2.38 bits per heavy atom. The number of rotatable bonds is 2. The van der Waals surface area contributed by atoms with Crippen molar-refractivity contribution in [3.8, 4) is 0 Å². The largest absolute Gasteiger partial charge is 0.381 e. The lowest BCUT2D eigenvalue weighted by Gasteiger charge is -2.34. The molecule has 1 amide bonds. The van der Waals surface area contributed by atoms with Gasteiger partial charge in [0.1, 0.15) is 0 Å². The van der Waals surface area contributed by atoms with E-state index in [2.05, 4.69) is 0 Å². The molecule has 0 atom stereocenters. The van der Waals surface area contributed by atoms with Crippen LogP contribution in [-0.2, 0) is 9.53 Å². The van der Waals surface area contributed by atoms with Gasteiger partial charge >= 0.3 is 0 Å². The van der Waals surface area contributed by atoms with Gasteiger partial charge < -0.3 is 9.64 Å². The molecule has 2 fully saturated rings. The third-order valence-corrected chi connectivity index (χ3v) is 4.15. The molecule has 2 saturated heterocycles. The predicted molar refractivity (Wildman–Crippen MR) is 63.6 cm³/mol. The first kappa shape index (κ1) is 12.2. The van der Waals surface area contributed by atoms with Gasteiger partial charge in [0, 0.05) is 38.1 Å². The average molecular weight is 246 g/mol. The summed E-state index contributed by atoms with van der Waals surface area (Å²) >= 11 is 5.84. The fraction of sp³-hybridized carbons (Fsp3) is 0.917. The highest BCUT2D eigenvalue weighted by Gasteiger charge is 2.28. The molecular weight excluding hydrogens is 226 g/mol. The van der Waals surface area contributed by atoms with Crippen molar-refractivity contribution in [1.82, 2.24) is 4.90 Å². The van der Waals surface area contributed by atoms with Crippen molar-refractivity contribution in [2.75, 3.05) is 32.2 Å². The van der Waals surface area contributed by atoms with E-state index in [1.54, 1.807) is 0 Å². The smallest absolute Gasteiger partial charge is 0.225 e. The van der Waals surface area contributed by atoms with E-state index in [1.165, 1.54) is 0 Å². The molecule has 0 aromatic rings. The number of likely N-dealkylation sites (tertiary alicyclic amines) is 1. The van der Waals surface area contributed by atoms with Gasteiger partial charge in [0.25, 0.3) is 0 Å². The number of carbonyl (C=O) groups excluding carboxylic acids is 1. The Morgan fingerprint density at radius 2 is 1.81 bits per heavy atom. The molecule has 2 aliphatic heterocycles. The second-order valence-corrected chi connectivity index (χ2v) is 5.12. The minimum Gasteiger partial charge on any atom is -0.381 e. The standard InChI is InChI=1S/C12H20ClNO2/c13-9-10-1-5-14(6-2-10)12(15)11-3-7-16-8-4-11/h10-11H,1-9H2. The van der Waals surface area contributed by atoms with Crippen molar-refractivity contribution in [3.05, 3.63) is 0 Å². The molecule has 3 nitrogen and oxygen atoms in total. The van der Waals surface area contributed by atoms with Gasteiger partial charge in [0.05, 0.1) is 0 Å². The maximum Gasteiger partial charge on any atom is 0.225 e. The van der Waals surface area contributed by atoms with Crippen molar-refractivity contribution in [2.45, 2.75) is 25.7 Å². The van der Waals surface area contributed by atoms with Crippen LogP contribution in [0.5, 0.6) is 0 Å². The Hall–Kier alpha value is -0.280. The van der Waals surface area contributed by atoms with Crippen molar-refractivity contribution >= 4 is 17.5 Å². The van der Waals surface area contributed by atoms with Gasteiger partial charge in [-0.1, -0.05) is 0 Å². The first-order valence-electron chi connectivity index (χ1n) is 6.23. The molecule has 92 valence electrons. The van der Waals surface area contributed by atoms with Crippen LogP contribution in [0.1, 0.15) is 25.7 Å². The van der Waals surface area contributed by atoms with E-state index >= 15 is 0 Å². The van der Waals surface area contributed by atoms with Crippen molar-refractivity contribution in [1.29, 1.82) is 0 Å². The summed E-state index contributed by atoms with van der Waals surface area (Å²) in [7, 11) is 0. The molecule has 0 unspecified atom stereocenters. The summed E-state index contributed by atoms with van der Waals surface area (Å²) in [5, 5.41) is 0. The van der Waals surface area contributed by atoms with Crippen molar-refractivity contribution in [2.24, 2.45) is 11.8 Å². The second kappa shape index (κ2) is 5.87. The Balaban J connectivity index is 1.81. The van der Waals surface area contributed by atoms with Crippen LogP contribution in [-0.4, -0.2) is 43.0 Å². The minimum atomic E-state index is 0.210.